The Hall–Kier alpha value is -3.19. The van der Waals surface area contributed by atoms with Gasteiger partial charge in [-0.05, 0) is 48.5 Å². The molecule has 0 saturated heterocycles. The van der Waals surface area contributed by atoms with Crippen LogP contribution >= 0.6 is 11.8 Å². The lowest BCUT2D eigenvalue weighted by atomic mass is 10.3. The molecule has 138 valence electrons. The first-order valence-electron chi connectivity index (χ1n) is 8.14. The van der Waals surface area contributed by atoms with Crippen LogP contribution in [0, 0.1) is 0 Å². The van der Waals surface area contributed by atoms with Crippen molar-refractivity contribution in [1.82, 2.24) is 5.43 Å². The Morgan fingerprint density at radius 1 is 1.07 bits per heavy atom. The Morgan fingerprint density at radius 2 is 1.81 bits per heavy atom. The minimum atomic E-state index is -0.368. The number of hydrogen-bond acceptors (Lipinski definition) is 6. The molecular weight excluding hydrogens is 364 g/mol. The summed E-state index contributed by atoms with van der Waals surface area (Å²) in [7, 11) is 1.59. The van der Waals surface area contributed by atoms with E-state index in [1.165, 1.54) is 18.0 Å². The van der Waals surface area contributed by atoms with Crippen LogP contribution < -0.4 is 14.9 Å². The third-order valence-corrected chi connectivity index (χ3v) is 4.30. The molecule has 1 aromatic heterocycles. The molecule has 27 heavy (non-hydrogen) atoms. The fourth-order valence-corrected chi connectivity index (χ4v) is 2.88. The number of carbonyl (C=O) groups is 1. The van der Waals surface area contributed by atoms with Crippen molar-refractivity contribution in [2.24, 2.45) is 5.10 Å². The summed E-state index contributed by atoms with van der Waals surface area (Å²) in [5.41, 5.74) is 2.40. The van der Waals surface area contributed by atoms with Crippen molar-refractivity contribution in [3.05, 3.63) is 72.5 Å². The second-order valence-corrected chi connectivity index (χ2v) is 6.41. The van der Waals surface area contributed by atoms with Gasteiger partial charge >= 0.3 is 0 Å². The molecule has 0 aliphatic rings. The summed E-state index contributed by atoms with van der Waals surface area (Å²) < 4.78 is 16.1. The summed E-state index contributed by atoms with van der Waals surface area (Å²) >= 11 is 1.51. The monoisotopic (exact) mass is 382 g/mol. The minimum Gasteiger partial charge on any atom is -0.497 e. The highest BCUT2D eigenvalue weighted by Gasteiger charge is 2.04. The van der Waals surface area contributed by atoms with Crippen LogP contribution in [0.25, 0.3) is 0 Å². The molecule has 3 aromatic rings. The van der Waals surface area contributed by atoms with Crippen molar-refractivity contribution in [3.63, 3.8) is 0 Å². The number of benzene rings is 2. The highest BCUT2D eigenvalue weighted by atomic mass is 32.2. The Morgan fingerprint density at radius 3 is 2.56 bits per heavy atom. The van der Waals surface area contributed by atoms with E-state index in [9.17, 15) is 4.79 Å². The van der Waals surface area contributed by atoms with Crippen LogP contribution in [0.4, 0.5) is 0 Å². The van der Waals surface area contributed by atoms with Gasteiger partial charge in [0.05, 0.1) is 13.3 Å². The van der Waals surface area contributed by atoms with E-state index in [2.05, 4.69) is 10.5 Å². The number of hydrogen-bond donors (Lipinski definition) is 1. The van der Waals surface area contributed by atoms with Gasteiger partial charge in [0, 0.05) is 4.90 Å². The van der Waals surface area contributed by atoms with Gasteiger partial charge in [-0.15, -0.1) is 0 Å². The molecule has 0 spiro atoms. The molecule has 2 aromatic carbocycles. The zero-order chi connectivity index (χ0) is 18.9. The van der Waals surface area contributed by atoms with E-state index >= 15 is 0 Å². The molecule has 1 heterocycles. The lowest BCUT2D eigenvalue weighted by Crippen LogP contribution is -2.24. The van der Waals surface area contributed by atoms with Crippen LogP contribution in [0.3, 0.4) is 0 Å². The van der Waals surface area contributed by atoms with E-state index in [0.717, 1.165) is 15.7 Å². The number of nitrogens with one attached hydrogen (secondary N) is 1. The van der Waals surface area contributed by atoms with Crippen LogP contribution in [-0.2, 0) is 4.79 Å². The largest absolute Gasteiger partial charge is 0.497 e. The van der Waals surface area contributed by atoms with Gasteiger partial charge in [0.1, 0.15) is 17.3 Å². The quantitative estimate of drug-likeness (QED) is 0.471. The average molecular weight is 382 g/mol. The number of hydrazone groups is 1. The third-order valence-electron chi connectivity index (χ3n) is 3.37. The fraction of sp³-hybridized carbons (Fsp3) is 0.100. The molecular formula is C20H18N2O4S. The van der Waals surface area contributed by atoms with E-state index in [0.29, 0.717) is 11.5 Å². The van der Waals surface area contributed by atoms with Crippen LogP contribution in [0.1, 0.15) is 5.76 Å². The van der Waals surface area contributed by atoms with Crippen molar-refractivity contribution in [1.29, 1.82) is 0 Å². The van der Waals surface area contributed by atoms with Crippen molar-refractivity contribution in [2.45, 2.75) is 9.99 Å². The van der Waals surface area contributed by atoms with Gasteiger partial charge < -0.3 is 13.9 Å². The first-order chi connectivity index (χ1) is 13.2. The second kappa shape index (κ2) is 9.49. The molecule has 1 amide bonds. The van der Waals surface area contributed by atoms with E-state index in [1.54, 1.807) is 37.4 Å². The normalized spacial score (nSPS) is 10.7. The molecule has 7 heteroatoms. The molecule has 0 aliphatic carbocycles. The molecule has 0 aliphatic heterocycles. The van der Waals surface area contributed by atoms with Gasteiger partial charge in [-0.2, -0.15) is 5.10 Å². The molecule has 6 nitrogen and oxygen atoms in total. The van der Waals surface area contributed by atoms with Crippen molar-refractivity contribution >= 4 is 23.9 Å². The average Bonchev–Trinajstić information content (AvgIpc) is 3.14. The molecule has 0 bridgehead atoms. The van der Waals surface area contributed by atoms with Crippen molar-refractivity contribution < 1.29 is 18.7 Å². The number of carbonyl (C=O) groups excluding carboxylic acids is 1. The predicted molar refractivity (Wildman–Crippen MR) is 103 cm³/mol. The highest BCUT2D eigenvalue weighted by molar-refractivity contribution is 7.99. The Labute approximate surface area is 161 Å². The fourth-order valence-electron chi connectivity index (χ4n) is 2.08. The van der Waals surface area contributed by atoms with Crippen LogP contribution in [-0.4, -0.2) is 25.8 Å². The van der Waals surface area contributed by atoms with Gasteiger partial charge in [-0.1, -0.05) is 30.0 Å². The summed E-state index contributed by atoms with van der Waals surface area (Å²) in [6.07, 6.45) is 1.44. The number of ether oxygens (including phenoxy) is 2. The Balaban J connectivity index is 1.43. The number of nitrogens with zero attached hydrogens (tertiary/aromatic N) is 1. The van der Waals surface area contributed by atoms with Crippen LogP contribution in [0.2, 0.25) is 0 Å². The van der Waals surface area contributed by atoms with E-state index in [4.69, 9.17) is 13.9 Å². The second-order valence-electron chi connectivity index (χ2n) is 5.33. The molecule has 0 atom stereocenters. The Bertz CT molecular complexity index is 892. The van der Waals surface area contributed by atoms with Crippen LogP contribution in [0.15, 0.2) is 86.2 Å². The maximum Gasteiger partial charge on any atom is 0.277 e. The highest BCUT2D eigenvalue weighted by Crippen LogP contribution is 2.28. The summed E-state index contributed by atoms with van der Waals surface area (Å²) in [5.74, 6) is 1.47. The standard InChI is InChI=1S/C20H18N2O4S/c1-24-15-7-9-16(10-8-15)25-14-19(23)22-21-13-17-11-12-20(26-17)27-18-5-3-2-4-6-18/h2-13H,14H2,1H3,(H,22,23)/b21-13-. The third kappa shape index (κ3) is 5.93. The zero-order valence-electron chi connectivity index (χ0n) is 14.6. The van der Waals surface area contributed by atoms with Crippen molar-refractivity contribution in [2.75, 3.05) is 13.7 Å². The molecule has 0 unspecified atom stereocenters. The topological polar surface area (TPSA) is 73.1 Å². The van der Waals surface area contributed by atoms with Crippen molar-refractivity contribution in [3.8, 4) is 11.5 Å². The van der Waals surface area contributed by atoms with Gasteiger partial charge in [0.2, 0.25) is 0 Å². The molecule has 0 radical (unpaired) electrons. The smallest absolute Gasteiger partial charge is 0.277 e. The summed E-state index contributed by atoms with van der Waals surface area (Å²) in [6, 6.07) is 20.5. The summed E-state index contributed by atoms with van der Waals surface area (Å²) in [4.78, 5) is 12.8. The lowest BCUT2D eigenvalue weighted by Gasteiger charge is -2.05. The molecule has 0 fully saturated rings. The van der Waals surface area contributed by atoms with E-state index < -0.39 is 0 Å². The van der Waals surface area contributed by atoms with E-state index in [1.807, 2.05) is 36.4 Å². The zero-order valence-corrected chi connectivity index (χ0v) is 15.4. The van der Waals surface area contributed by atoms with Crippen LogP contribution in [0.5, 0.6) is 11.5 Å². The first kappa shape index (κ1) is 18.6. The summed E-state index contributed by atoms with van der Waals surface area (Å²) in [5, 5.41) is 4.62. The van der Waals surface area contributed by atoms with Gasteiger partial charge in [-0.25, -0.2) is 5.43 Å². The minimum absolute atomic E-state index is 0.142. The number of furan rings is 1. The maximum atomic E-state index is 11.8. The maximum absolute atomic E-state index is 11.8. The molecule has 0 saturated carbocycles. The van der Waals surface area contributed by atoms with E-state index in [-0.39, 0.29) is 12.5 Å². The lowest BCUT2D eigenvalue weighted by molar-refractivity contribution is -0.123. The number of rotatable bonds is 8. The SMILES string of the molecule is COc1ccc(OCC(=O)N/N=C\c2ccc(Sc3ccccc3)o2)cc1. The molecule has 1 N–H and O–H groups in total. The summed E-state index contributed by atoms with van der Waals surface area (Å²) in [6.45, 7) is -0.142. The van der Waals surface area contributed by atoms with Gasteiger partial charge in [0.15, 0.2) is 11.7 Å². The first-order valence-corrected chi connectivity index (χ1v) is 8.96. The van der Waals surface area contributed by atoms with Gasteiger partial charge in [0.25, 0.3) is 5.91 Å². The predicted octanol–water partition coefficient (Wildman–Crippen LogP) is 3.97. The molecule has 3 rings (SSSR count). The Kier molecular flexibility index (Phi) is 6.54. The van der Waals surface area contributed by atoms with Gasteiger partial charge in [-0.3, -0.25) is 4.79 Å². The number of methoxy groups -OCH3 is 1. The number of amides is 1.